The molecule has 2 saturated heterocycles. The molecule has 0 amide bonds. The number of aliphatic hydroxyl groups is 2. The third-order valence-corrected chi connectivity index (χ3v) is 7.45. The van der Waals surface area contributed by atoms with E-state index in [0.29, 0.717) is 12.8 Å². The van der Waals surface area contributed by atoms with Gasteiger partial charge in [-0.2, -0.15) is 0 Å². The van der Waals surface area contributed by atoms with E-state index < -0.39 is 18.7 Å². The Kier molecular flexibility index (Phi) is 11.0. The predicted octanol–water partition coefficient (Wildman–Crippen LogP) is 5.64. The van der Waals surface area contributed by atoms with Gasteiger partial charge in [-0.3, -0.25) is 0 Å². The SMILES string of the molecule is CC(O)CCCC1CC(CCCC2CC(CC(C)O)OC(c3ccc(O)cc3)O2)OC(c2ccc(O)cc2)O1. The van der Waals surface area contributed by atoms with E-state index in [0.717, 1.165) is 56.1 Å². The molecule has 0 radical (unpaired) electrons. The summed E-state index contributed by atoms with van der Waals surface area (Å²) in [4.78, 5) is 0. The number of aliphatic hydroxyl groups excluding tert-OH is 2. The molecule has 0 bridgehead atoms. The van der Waals surface area contributed by atoms with Gasteiger partial charge in [-0.05, 0) is 83.1 Å². The lowest BCUT2D eigenvalue weighted by atomic mass is 9.96. The number of hydrogen-bond acceptors (Lipinski definition) is 8. The van der Waals surface area contributed by atoms with E-state index in [-0.39, 0.29) is 42.0 Å². The minimum Gasteiger partial charge on any atom is -0.508 e. The van der Waals surface area contributed by atoms with E-state index >= 15 is 0 Å². The summed E-state index contributed by atoms with van der Waals surface area (Å²) >= 11 is 0. The van der Waals surface area contributed by atoms with E-state index in [1.807, 2.05) is 19.1 Å². The molecule has 0 aromatic heterocycles. The summed E-state index contributed by atoms with van der Waals surface area (Å²) in [6.45, 7) is 3.58. The standard InChI is InChI=1S/C31H44O8/c1-20(32)5-3-6-26-18-27(37-30(36-26)22-9-13-24(34)14-10-22)7-4-8-28-19-29(17-21(2)33)39-31(38-28)23-11-15-25(35)16-12-23/h9-16,20-21,26-35H,3-8,17-19H2,1-2H3. The molecule has 8 nitrogen and oxygen atoms in total. The minimum atomic E-state index is -0.537. The van der Waals surface area contributed by atoms with Crippen LogP contribution in [0.4, 0.5) is 0 Å². The highest BCUT2D eigenvalue weighted by atomic mass is 16.7. The fourth-order valence-corrected chi connectivity index (χ4v) is 5.45. The van der Waals surface area contributed by atoms with Gasteiger partial charge >= 0.3 is 0 Å². The molecule has 0 aliphatic carbocycles. The van der Waals surface area contributed by atoms with Gasteiger partial charge in [0, 0.05) is 24.0 Å². The first-order chi connectivity index (χ1) is 18.7. The number of benzene rings is 2. The molecule has 8 unspecified atom stereocenters. The number of phenolic OH excluding ortho intramolecular Hbond substituents is 2. The second-order valence-electron chi connectivity index (χ2n) is 11.1. The highest BCUT2D eigenvalue weighted by Crippen LogP contribution is 2.37. The number of ether oxygens (including phenoxy) is 4. The maximum atomic E-state index is 9.97. The zero-order chi connectivity index (χ0) is 27.8. The van der Waals surface area contributed by atoms with Gasteiger partial charge in [0.15, 0.2) is 12.6 Å². The highest BCUT2D eigenvalue weighted by Gasteiger charge is 2.33. The van der Waals surface area contributed by atoms with Gasteiger partial charge < -0.3 is 39.4 Å². The van der Waals surface area contributed by atoms with Crippen molar-refractivity contribution in [2.75, 3.05) is 0 Å². The van der Waals surface area contributed by atoms with Crippen LogP contribution in [0, 0.1) is 0 Å². The molecule has 2 aromatic carbocycles. The molecule has 216 valence electrons. The van der Waals surface area contributed by atoms with Crippen LogP contribution in [0.5, 0.6) is 11.5 Å². The van der Waals surface area contributed by atoms with Crippen LogP contribution in [0.25, 0.3) is 0 Å². The number of rotatable bonds is 12. The topological polar surface area (TPSA) is 118 Å². The fraction of sp³-hybridized carbons (Fsp3) is 0.613. The zero-order valence-electron chi connectivity index (χ0n) is 23.0. The van der Waals surface area contributed by atoms with Crippen LogP contribution in [-0.4, -0.2) is 57.0 Å². The number of hydrogen-bond donors (Lipinski definition) is 4. The van der Waals surface area contributed by atoms with E-state index in [9.17, 15) is 20.4 Å². The lowest BCUT2D eigenvalue weighted by molar-refractivity contribution is -0.256. The maximum absolute atomic E-state index is 9.97. The fourth-order valence-electron chi connectivity index (χ4n) is 5.45. The molecule has 4 N–H and O–H groups in total. The highest BCUT2D eigenvalue weighted by molar-refractivity contribution is 5.27. The van der Waals surface area contributed by atoms with Crippen molar-refractivity contribution in [1.82, 2.24) is 0 Å². The Bertz CT molecular complexity index is 977. The van der Waals surface area contributed by atoms with Gasteiger partial charge in [-0.25, -0.2) is 0 Å². The van der Waals surface area contributed by atoms with Gasteiger partial charge in [0.25, 0.3) is 0 Å². The summed E-state index contributed by atoms with van der Waals surface area (Å²) in [7, 11) is 0. The number of aromatic hydroxyl groups is 2. The van der Waals surface area contributed by atoms with Gasteiger partial charge in [-0.1, -0.05) is 24.3 Å². The molecule has 4 rings (SSSR count). The summed E-state index contributed by atoms with van der Waals surface area (Å²) in [5.41, 5.74) is 1.72. The molecular weight excluding hydrogens is 500 g/mol. The van der Waals surface area contributed by atoms with Crippen LogP contribution in [0.1, 0.15) is 95.3 Å². The van der Waals surface area contributed by atoms with E-state index in [2.05, 4.69) is 0 Å². The average Bonchev–Trinajstić information content (AvgIpc) is 2.89. The van der Waals surface area contributed by atoms with E-state index in [4.69, 9.17) is 18.9 Å². The third kappa shape index (κ3) is 9.45. The monoisotopic (exact) mass is 544 g/mol. The maximum Gasteiger partial charge on any atom is 0.184 e. The van der Waals surface area contributed by atoms with Crippen LogP contribution < -0.4 is 0 Å². The first-order valence-corrected chi connectivity index (χ1v) is 14.3. The Morgan fingerprint density at radius 2 is 1.03 bits per heavy atom. The molecule has 39 heavy (non-hydrogen) atoms. The van der Waals surface area contributed by atoms with Crippen molar-refractivity contribution in [3.05, 3.63) is 59.7 Å². The molecule has 2 heterocycles. The summed E-state index contributed by atoms with van der Waals surface area (Å²) in [6, 6.07) is 13.8. The molecule has 2 aromatic rings. The van der Waals surface area contributed by atoms with Gasteiger partial charge in [0.1, 0.15) is 11.5 Å². The summed E-state index contributed by atoms with van der Waals surface area (Å²) < 4.78 is 25.1. The Morgan fingerprint density at radius 3 is 1.46 bits per heavy atom. The van der Waals surface area contributed by atoms with Crippen LogP contribution in [-0.2, 0) is 18.9 Å². The predicted molar refractivity (Wildman–Crippen MR) is 146 cm³/mol. The van der Waals surface area contributed by atoms with Crippen LogP contribution in [0.2, 0.25) is 0 Å². The minimum absolute atomic E-state index is 0.0177. The Morgan fingerprint density at radius 1 is 0.615 bits per heavy atom. The van der Waals surface area contributed by atoms with Crippen LogP contribution in [0.3, 0.4) is 0 Å². The quantitative estimate of drug-likeness (QED) is 0.271. The second-order valence-corrected chi connectivity index (χ2v) is 11.1. The van der Waals surface area contributed by atoms with E-state index in [1.54, 1.807) is 43.3 Å². The third-order valence-electron chi connectivity index (χ3n) is 7.45. The molecule has 0 saturated carbocycles. The van der Waals surface area contributed by atoms with Crippen molar-refractivity contribution in [2.24, 2.45) is 0 Å². The van der Waals surface area contributed by atoms with Crippen molar-refractivity contribution in [3.63, 3.8) is 0 Å². The zero-order valence-corrected chi connectivity index (χ0v) is 23.0. The lowest BCUT2D eigenvalue weighted by Crippen LogP contribution is -2.36. The first-order valence-electron chi connectivity index (χ1n) is 14.3. The first kappa shape index (κ1) is 29.8. The molecule has 2 aliphatic rings. The molecule has 2 fully saturated rings. The summed E-state index contributed by atoms with van der Waals surface area (Å²) in [5, 5.41) is 39.0. The van der Waals surface area contributed by atoms with Gasteiger partial charge in [0.2, 0.25) is 0 Å². The largest absolute Gasteiger partial charge is 0.508 e. The van der Waals surface area contributed by atoms with Crippen molar-refractivity contribution in [2.45, 2.75) is 121 Å². The number of phenols is 2. The Balaban J connectivity index is 1.35. The Labute approximate surface area is 231 Å². The molecule has 8 heteroatoms. The Hall–Kier alpha value is -2.20. The molecule has 2 aliphatic heterocycles. The normalized spacial score (nSPS) is 29.1. The van der Waals surface area contributed by atoms with Crippen molar-refractivity contribution in [1.29, 1.82) is 0 Å². The van der Waals surface area contributed by atoms with Gasteiger partial charge in [-0.15, -0.1) is 0 Å². The molecular formula is C31H44O8. The van der Waals surface area contributed by atoms with Crippen LogP contribution in [0.15, 0.2) is 48.5 Å². The second kappa shape index (κ2) is 14.4. The average molecular weight is 545 g/mol. The van der Waals surface area contributed by atoms with Crippen molar-refractivity contribution >= 4 is 0 Å². The van der Waals surface area contributed by atoms with Crippen molar-refractivity contribution < 1.29 is 39.4 Å². The molecule has 8 atom stereocenters. The smallest absolute Gasteiger partial charge is 0.184 e. The van der Waals surface area contributed by atoms with Crippen molar-refractivity contribution in [3.8, 4) is 11.5 Å². The molecule has 0 spiro atoms. The van der Waals surface area contributed by atoms with E-state index in [1.165, 1.54) is 0 Å². The van der Waals surface area contributed by atoms with Gasteiger partial charge in [0.05, 0.1) is 36.6 Å². The lowest BCUT2D eigenvalue weighted by Gasteiger charge is -2.38. The summed E-state index contributed by atoms with van der Waals surface area (Å²) in [5.74, 6) is 0.397. The van der Waals surface area contributed by atoms with Crippen LogP contribution >= 0.6 is 0 Å². The summed E-state index contributed by atoms with van der Waals surface area (Å²) in [6.07, 6.45) is 5.25.